The third-order valence-electron chi connectivity index (χ3n) is 1.99. The van der Waals surface area contributed by atoms with Gasteiger partial charge in [0.1, 0.15) is 5.03 Å². The van der Waals surface area contributed by atoms with Gasteiger partial charge in [0.15, 0.2) is 0 Å². The minimum Gasteiger partial charge on any atom is -0.257 e. The Hall–Kier alpha value is -1.35. The summed E-state index contributed by atoms with van der Waals surface area (Å²) in [5.74, 6) is 0. The van der Waals surface area contributed by atoms with E-state index in [1.54, 1.807) is 18.0 Å². The first-order valence-electron chi connectivity index (χ1n) is 4.79. The van der Waals surface area contributed by atoms with E-state index < -0.39 is 0 Å². The first kappa shape index (κ1) is 10.2. The first-order chi connectivity index (χ1) is 7.25. The molecule has 0 aliphatic heterocycles. The van der Waals surface area contributed by atoms with Crippen LogP contribution in [-0.4, -0.2) is 9.97 Å². The molecule has 0 radical (unpaired) electrons. The van der Waals surface area contributed by atoms with Gasteiger partial charge in [0, 0.05) is 11.1 Å². The van der Waals surface area contributed by atoms with Crippen molar-refractivity contribution in [3.63, 3.8) is 0 Å². The molecular formula is C12H12N2S. The normalized spacial score (nSPS) is 10.3. The van der Waals surface area contributed by atoms with Crippen LogP contribution in [0.2, 0.25) is 0 Å². The molecule has 76 valence electrons. The molecule has 0 N–H and O–H groups in total. The number of benzene rings is 1. The number of nitrogens with zero attached hydrogens (tertiary/aromatic N) is 2. The van der Waals surface area contributed by atoms with Gasteiger partial charge in [0.2, 0.25) is 0 Å². The van der Waals surface area contributed by atoms with Gasteiger partial charge in [-0.3, -0.25) is 4.98 Å². The lowest BCUT2D eigenvalue weighted by atomic mass is 10.4. The van der Waals surface area contributed by atoms with Crippen LogP contribution in [-0.2, 0) is 0 Å². The molecule has 0 aliphatic carbocycles. The van der Waals surface area contributed by atoms with Crippen LogP contribution < -0.4 is 0 Å². The summed E-state index contributed by atoms with van der Waals surface area (Å²) in [4.78, 5) is 9.95. The maximum atomic E-state index is 4.47. The zero-order chi connectivity index (χ0) is 10.7. The van der Waals surface area contributed by atoms with E-state index in [4.69, 9.17) is 0 Å². The molecule has 2 rings (SSSR count). The molecule has 3 heteroatoms. The van der Waals surface area contributed by atoms with E-state index in [-0.39, 0.29) is 0 Å². The quantitative estimate of drug-likeness (QED) is 0.770. The molecule has 0 amide bonds. The third-order valence-corrected chi connectivity index (χ3v) is 3.08. The summed E-state index contributed by atoms with van der Waals surface area (Å²) < 4.78 is 0. The van der Waals surface area contributed by atoms with E-state index in [2.05, 4.69) is 22.1 Å². The summed E-state index contributed by atoms with van der Waals surface area (Å²) >= 11 is 1.65. The first-order valence-corrected chi connectivity index (χ1v) is 5.60. The summed E-state index contributed by atoms with van der Waals surface area (Å²) in [5.41, 5.74) is 1.94. The van der Waals surface area contributed by atoms with Crippen LogP contribution in [0.5, 0.6) is 0 Å². The Kier molecular flexibility index (Phi) is 3.02. The monoisotopic (exact) mass is 216 g/mol. The van der Waals surface area contributed by atoms with E-state index in [9.17, 15) is 0 Å². The molecule has 15 heavy (non-hydrogen) atoms. The van der Waals surface area contributed by atoms with Crippen molar-refractivity contribution in [2.24, 2.45) is 0 Å². The number of hydrogen-bond acceptors (Lipinski definition) is 3. The SMILES string of the molecule is Cc1cnc(C)c(Sc2ccccc2)n1. The molecule has 0 saturated carbocycles. The Morgan fingerprint density at radius 1 is 1.07 bits per heavy atom. The highest BCUT2D eigenvalue weighted by molar-refractivity contribution is 7.99. The van der Waals surface area contributed by atoms with Crippen molar-refractivity contribution in [2.75, 3.05) is 0 Å². The maximum Gasteiger partial charge on any atom is 0.122 e. The Morgan fingerprint density at radius 3 is 2.53 bits per heavy atom. The van der Waals surface area contributed by atoms with E-state index in [1.807, 2.05) is 32.0 Å². The lowest BCUT2D eigenvalue weighted by Gasteiger charge is -2.04. The van der Waals surface area contributed by atoms with Crippen LogP contribution >= 0.6 is 11.8 Å². The summed E-state index contributed by atoms with van der Waals surface area (Å²) in [6.45, 7) is 3.94. The molecule has 2 aromatic rings. The summed E-state index contributed by atoms with van der Waals surface area (Å²) in [6, 6.07) is 10.2. The van der Waals surface area contributed by atoms with Crippen LogP contribution in [0.3, 0.4) is 0 Å². The van der Waals surface area contributed by atoms with Crippen molar-refractivity contribution in [1.82, 2.24) is 9.97 Å². The van der Waals surface area contributed by atoms with Gasteiger partial charge in [-0.2, -0.15) is 0 Å². The summed E-state index contributed by atoms with van der Waals surface area (Å²) in [7, 11) is 0. The lowest BCUT2D eigenvalue weighted by Crippen LogP contribution is -1.92. The molecule has 0 unspecified atom stereocenters. The van der Waals surface area contributed by atoms with Crippen LogP contribution in [0.4, 0.5) is 0 Å². The van der Waals surface area contributed by atoms with Crippen molar-refractivity contribution >= 4 is 11.8 Å². The molecule has 1 aromatic heterocycles. The number of hydrogen-bond donors (Lipinski definition) is 0. The summed E-state index contributed by atoms with van der Waals surface area (Å²) in [6.07, 6.45) is 1.80. The van der Waals surface area contributed by atoms with Gasteiger partial charge < -0.3 is 0 Å². The minimum absolute atomic E-state index is 0.957. The molecule has 0 bridgehead atoms. The molecule has 0 saturated heterocycles. The predicted octanol–water partition coefficient (Wildman–Crippen LogP) is 3.24. The molecule has 0 fully saturated rings. The second kappa shape index (κ2) is 4.45. The van der Waals surface area contributed by atoms with Gasteiger partial charge in [-0.15, -0.1) is 0 Å². The lowest BCUT2D eigenvalue weighted by molar-refractivity contribution is 0.946. The molecule has 1 heterocycles. The Bertz CT molecular complexity index is 454. The van der Waals surface area contributed by atoms with Gasteiger partial charge in [-0.25, -0.2) is 4.98 Å². The Morgan fingerprint density at radius 2 is 1.80 bits per heavy atom. The highest BCUT2D eigenvalue weighted by Crippen LogP contribution is 2.27. The molecule has 0 atom stereocenters. The smallest absolute Gasteiger partial charge is 0.122 e. The topological polar surface area (TPSA) is 25.8 Å². The standard InChI is InChI=1S/C12H12N2S/c1-9-8-13-10(2)12(14-9)15-11-6-4-3-5-7-11/h3-8H,1-2H3. The van der Waals surface area contributed by atoms with E-state index >= 15 is 0 Å². The number of aromatic nitrogens is 2. The number of rotatable bonds is 2. The Labute approximate surface area is 93.8 Å². The van der Waals surface area contributed by atoms with Crippen molar-refractivity contribution in [2.45, 2.75) is 23.8 Å². The van der Waals surface area contributed by atoms with Crippen LogP contribution in [0.1, 0.15) is 11.4 Å². The second-order valence-corrected chi connectivity index (χ2v) is 4.38. The third kappa shape index (κ3) is 2.57. The second-order valence-electron chi connectivity index (χ2n) is 3.32. The minimum atomic E-state index is 0.957. The van der Waals surface area contributed by atoms with E-state index in [0.29, 0.717) is 0 Å². The zero-order valence-electron chi connectivity index (χ0n) is 8.77. The largest absolute Gasteiger partial charge is 0.257 e. The van der Waals surface area contributed by atoms with Crippen LogP contribution in [0.15, 0.2) is 46.5 Å². The maximum absolute atomic E-state index is 4.47. The van der Waals surface area contributed by atoms with Gasteiger partial charge in [0.25, 0.3) is 0 Å². The van der Waals surface area contributed by atoms with Gasteiger partial charge in [-0.1, -0.05) is 30.0 Å². The van der Waals surface area contributed by atoms with Crippen molar-refractivity contribution < 1.29 is 0 Å². The van der Waals surface area contributed by atoms with Crippen molar-refractivity contribution in [1.29, 1.82) is 0 Å². The van der Waals surface area contributed by atoms with Crippen molar-refractivity contribution in [3.8, 4) is 0 Å². The van der Waals surface area contributed by atoms with Crippen LogP contribution in [0.25, 0.3) is 0 Å². The zero-order valence-corrected chi connectivity index (χ0v) is 9.58. The Balaban J connectivity index is 2.28. The average Bonchev–Trinajstić information content (AvgIpc) is 2.25. The molecule has 1 aromatic carbocycles. The molecular weight excluding hydrogens is 204 g/mol. The fourth-order valence-electron chi connectivity index (χ4n) is 1.21. The molecule has 0 aliphatic rings. The van der Waals surface area contributed by atoms with E-state index in [0.717, 1.165) is 16.4 Å². The van der Waals surface area contributed by atoms with Crippen molar-refractivity contribution in [3.05, 3.63) is 47.9 Å². The fraction of sp³-hybridized carbons (Fsp3) is 0.167. The molecule has 0 spiro atoms. The van der Waals surface area contributed by atoms with Crippen LogP contribution in [0, 0.1) is 13.8 Å². The highest BCUT2D eigenvalue weighted by atomic mass is 32.2. The number of aryl methyl sites for hydroxylation is 2. The molecule has 2 nitrogen and oxygen atoms in total. The predicted molar refractivity (Wildman–Crippen MR) is 62.1 cm³/mol. The van der Waals surface area contributed by atoms with E-state index in [1.165, 1.54) is 4.90 Å². The van der Waals surface area contributed by atoms with Gasteiger partial charge in [-0.05, 0) is 26.0 Å². The average molecular weight is 216 g/mol. The highest BCUT2D eigenvalue weighted by Gasteiger charge is 2.03. The summed E-state index contributed by atoms with van der Waals surface area (Å²) in [5, 5.41) is 0.987. The van der Waals surface area contributed by atoms with Gasteiger partial charge >= 0.3 is 0 Å². The fourth-order valence-corrected chi connectivity index (χ4v) is 2.12. The van der Waals surface area contributed by atoms with Gasteiger partial charge in [0.05, 0.1) is 11.4 Å².